The van der Waals surface area contributed by atoms with Crippen LogP contribution in [0, 0.1) is 13.8 Å². The van der Waals surface area contributed by atoms with Crippen LogP contribution in [0.5, 0.6) is 0 Å². The first-order valence-corrected chi connectivity index (χ1v) is 9.23. The Labute approximate surface area is 168 Å². The van der Waals surface area contributed by atoms with Crippen molar-refractivity contribution in [2.75, 3.05) is 18.5 Å². The third kappa shape index (κ3) is 4.01. The van der Waals surface area contributed by atoms with Gasteiger partial charge in [0.25, 0.3) is 0 Å². The van der Waals surface area contributed by atoms with E-state index in [4.69, 9.17) is 23.2 Å². The highest BCUT2D eigenvalue weighted by atomic mass is 35.5. The number of aryl methyl sites for hydroxylation is 2. The van der Waals surface area contributed by atoms with Crippen LogP contribution < -0.4 is 10.2 Å². The zero-order valence-electron chi connectivity index (χ0n) is 15.3. The van der Waals surface area contributed by atoms with Gasteiger partial charge in [-0.05, 0) is 43.7 Å². The zero-order valence-corrected chi connectivity index (χ0v) is 16.8. The second-order valence-electron chi connectivity index (χ2n) is 6.53. The molecule has 6 nitrogen and oxygen atoms in total. The van der Waals surface area contributed by atoms with Gasteiger partial charge in [0.15, 0.2) is 0 Å². The third-order valence-corrected chi connectivity index (χ3v) is 5.20. The zero-order chi connectivity index (χ0) is 19.7. The summed E-state index contributed by atoms with van der Waals surface area (Å²) in [4.78, 5) is 32.7. The molecule has 1 unspecified atom stereocenters. The molecule has 1 aliphatic rings. The number of likely N-dealkylation sites (N-methyl/N-ethyl adjacent to an activating group) is 1. The normalized spacial score (nSPS) is 16.8. The van der Waals surface area contributed by atoms with E-state index in [-0.39, 0.29) is 25.0 Å². The number of halogens is 2. The molecular weight excluding hydrogens is 387 g/mol. The Morgan fingerprint density at radius 1 is 1.26 bits per heavy atom. The molecule has 0 aliphatic carbocycles. The lowest BCUT2D eigenvalue weighted by molar-refractivity contribution is -0.124. The fourth-order valence-corrected chi connectivity index (χ4v) is 3.56. The molecule has 3 rings (SSSR count). The molecule has 2 heterocycles. The van der Waals surface area contributed by atoms with Crippen LogP contribution in [0.2, 0.25) is 10.0 Å². The summed E-state index contributed by atoms with van der Waals surface area (Å²) in [5.41, 5.74) is 3.11. The van der Waals surface area contributed by atoms with Crippen LogP contribution in [0.3, 0.4) is 0 Å². The first-order valence-electron chi connectivity index (χ1n) is 8.48. The number of urea groups is 1. The lowest BCUT2D eigenvalue weighted by atomic mass is 10.2. The Balaban J connectivity index is 1.71. The van der Waals surface area contributed by atoms with Crippen LogP contribution in [-0.2, 0) is 11.3 Å². The van der Waals surface area contributed by atoms with Gasteiger partial charge >= 0.3 is 6.03 Å². The molecule has 0 spiro atoms. The number of carbonyl (C=O) groups is 2. The number of hydrogen-bond donors (Lipinski definition) is 1. The standard InChI is InChI=1S/C19H20Cl2N4O2/c1-11-4-7-16(12(2)23-11)25-10-17(24(3)19(25)27)18(26)22-9-13-5-6-14(20)8-15(13)21/h4-8,17H,9-10H2,1-3H3,(H,22,26). The predicted octanol–water partition coefficient (Wildman–Crippen LogP) is 3.56. The summed E-state index contributed by atoms with van der Waals surface area (Å²) in [5.74, 6) is -0.239. The molecule has 8 heteroatoms. The summed E-state index contributed by atoms with van der Waals surface area (Å²) in [5, 5.41) is 3.87. The molecule has 0 saturated carbocycles. The second kappa shape index (κ2) is 7.74. The van der Waals surface area contributed by atoms with Gasteiger partial charge in [0.05, 0.1) is 17.9 Å². The number of nitrogens with one attached hydrogen (secondary N) is 1. The van der Waals surface area contributed by atoms with E-state index in [2.05, 4.69) is 10.3 Å². The van der Waals surface area contributed by atoms with E-state index in [0.29, 0.717) is 15.7 Å². The van der Waals surface area contributed by atoms with Gasteiger partial charge in [-0.3, -0.25) is 14.7 Å². The molecular formula is C19H20Cl2N4O2. The molecule has 1 aromatic carbocycles. The van der Waals surface area contributed by atoms with E-state index < -0.39 is 6.04 Å². The number of rotatable bonds is 4. The van der Waals surface area contributed by atoms with Crippen molar-refractivity contribution >= 4 is 40.8 Å². The van der Waals surface area contributed by atoms with Crippen LogP contribution in [0.25, 0.3) is 0 Å². The first-order chi connectivity index (χ1) is 12.8. The number of pyridine rings is 1. The predicted molar refractivity (Wildman–Crippen MR) is 106 cm³/mol. The van der Waals surface area contributed by atoms with Gasteiger partial charge in [0.1, 0.15) is 6.04 Å². The number of hydrogen-bond acceptors (Lipinski definition) is 3. The van der Waals surface area contributed by atoms with Gasteiger partial charge in [-0.15, -0.1) is 0 Å². The first kappa shape index (κ1) is 19.5. The fraction of sp³-hybridized carbons (Fsp3) is 0.316. The number of carbonyl (C=O) groups excluding carboxylic acids is 2. The summed E-state index contributed by atoms with van der Waals surface area (Å²) in [7, 11) is 1.62. The summed E-state index contributed by atoms with van der Waals surface area (Å²) in [6, 6.07) is 8.00. The Hall–Kier alpha value is -2.31. The highest BCUT2D eigenvalue weighted by Crippen LogP contribution is 2.26. The van der Waals surface area contributed by atoms with Gasteiger partial charge in [0.2, 0.25) is 5.91 Å². The van der Waals surface area contributed by atoms with E-state index in [1.807, 2.05) is 26.0 Å². The lowest BCUT2D eigenvalue weighted by Gasteiger charge is -2.18. The van der Waals surface area contributed by atoms with Crippen molar-refractivity contribution in [2.45, 2.75) is 26.4 Å². The average molecular weight is 407 g/mol. The summed E-state index contributed by atoms with van der Waals surface area (Å²) >= 11 is 12.0. The van der Waals surface area contributed by atoms with Gasteiger partial charge < -0.3 is 10.2 Å². The Kier molecular flexibility index (Phi) is 5.58. The second-order valence-corrected chi connectivity index (χ2v) is 7.37. The molecule has 1 atom stereocenters. The van der Waals surface area contributed by atoms with E-state index in [0.717, 1.165) is 17.0 Å². The molecule has 3 amide bonds. The monoisotopic (exact) mass is 406 g/mol. The number of nitrogens with zero attached hydrogens (tertiary/aromatic N) is 3. The molecule has 1 fully saturated rings. The number of amides is 3. The molecule has 1 aliphatic heterocycles. The highest BCUT2D eigenvalue weighted by Gasteiger charge is 2.40. The smallest absolute Gasteiger partial charge is 0.325 e. The van der Waals surface area contributed by atoms with Crippen molar-refractivity contribution < 1.29 is 9.59 Å². The lowest BCUT2D eigenvalue weighted by Crippen LogP contribution is -2.43. The minimum atomic E-state index is -0.593. The summed E-state index contributed by atoms with van der Waals surface area (Å²) in [6.45, 7) is 4.28. The Morgan fingerprint density at radius 2 is 2.00 bits per heavy atom. The topological polar surface area (TPSA) is 65.5 Å². The third-order valence-electron chi connectivity index (χ3n) is 4.61. The van der Waals surface area contributed by atoms with Crippen molar-refractivity contribution in [1.82, 2.24) is 15.2 Å². The van der Waals surface area contributed by atoms with E-state index in [1.54, 1.807) is 30.1 Å². The maximum Gasteiger partial charge on any atom is 0.325 e. The van der Waals surface area contributed by atoms with E-state index in [9.17, 15) is 9.59 Å². The maximum absolute atomic E-state index is 12.7. The molecule has 2 aromatic rings. The van der Waals surface area contributed by atoms with E-state index in [1.165, 1.54) is 4.90 Å². The van der Waals surface area contributed by atoms with Crippen molar-refractivity contribution in [1.29, 1.82) is 0 Å². The average Bonchev–Trinajstić information content (AvgIpc) is 2.90. The van der Waals surface area contributed by atoms with Crippen molar-refractivity contribution in [2.24, 2.45) is 0 Å². The summed E-state index contributed by atoms with van der Waals surface area (Å²) in [6.07, 6.45) is 0. The van der Waals surface area contributed by atoms with Gasteiger partial charge in [-0.25, -0.2) is 4.79 Å². The van der Waals surface area contributed by atoms with Gasteiger partial charge in [0, 0.05) is 29.3 Å². The molecule has 27 heavy (non-hydrogen) atoms. The molecule has 1 N–H and O–H groups in total. The summed E-state index contributed by atoms with van der Waals surface area (Å²) < 4.78 is 0. The highest BCUT2D eigenvalue weighted by molar-refractivity contribution is 6.35. The molecule has 0 radical (unpaired) electrons. The quantitative estimate of drug-likeness (QED) is 0.843. The van der Waals surface area contributed by atoms with Crippen LogP contribution in [0.15, 0.2) is 30.3 Å². The Bertz CT molecular complexity index is 903. The number of aromatic nitrogens is 1. The SMILES string of the molecule is Cc1ccc(N2CC(C(=O)NCc3ccc(Cl)cc3Cl)N(C)C2=O)c(C)n1. The van der Waals surface area contributed by atoms with Crippen molar-refractivity contribution in [3.05, 3.63) is 57.3 Å². The molecule has 142 valence electrons. The van der Waals surface area contributed by atoms with Crippen LogP contribution in [0.1, 0.15) is 17.0 Å². The van der Waals surface area contributed by atoms with Crippen LogP contribution >= 0.6 is 23.2 Å². The van der Waals surface area contributed by atoms with E-state index >= 15 is 0 Å². The minimum absolute atomic E-state index is 0.228. The van der Waals surface area contributed by atoms with Crippen molar-refractivity contribution in [3.8, 4) is 0 Å². The minimum Gasteiger partial charge on any atom is -0.350 e. The number of anilines is 1. The Morgan fingerprint density at radius 3 is 2.67 bits per heavy atom. The fourth-order valence-electron chi connectivity index (χ4n) is 3.09. The number of benzene rings is 1. The van der Waals surface area contributed by atoms with Crippen LogP contribution in [0.4, 0.5) is 10.5 Å². The van der Waals surface area contributed by atoms with Crippen molar-refractivity contribution in [3.63, 3.8) is 0 Å². The van der Waals surface area contributed by atoms with Gasteiger partial charge in [-0.2, -0.15) is 0 Å². The molecule has 1 saturated heterocycles. The molecule has 0 bridgehead atoms. The van der Waals surface area contributed by atoms with Crippen LogP contribution in [-0.4, -0.2) is 41.5 Å². The maximum atomic E-state index is 12.7. The largest absolute Gasteiger partial charge is 0.350 e. The van der Waals surface area contributed by atoms with Gasteiger partial charge in [-0.1, -0.05) is 29.3 Å². The molecule has 1 aromatic heterocycles.